The molecule has 0 saturated carbocycles. The molecule has 0 radical (unpaired) electrons. The van der Waals surface area contributed by atoms with Crippen LogP contribution in [0.2, 0.25) is 0 Å². The second kappa shape index (κ2) is 6.48. The molecule has 0 spiro atoms. The van der Waals surface area contributed by atoms with Gasteiger partial charge in [0.15, 0.2) is 5.82 Å². The van der Waals surface area contributed by atoms with Gasteiger partial charge in [-0.1, -0.05) is 11.6 Å². The highest BCUT2D eigenvalue weighted by atomic mass is 16.5. The Kier molecular flexibility index (Phi) is 4.04. The maximum Gasteiger partial charge on any atom is 0.249 e. The van der Waals surface area contributed by atoms with E-state index in [9.17, 15) is 0 Å². The van der Waals surface area contributed by atoms with Gasteiger partial charge in [-0.25, -0.2) is 0 Å². The smallest absolute Gasteiger partial charge is 0.249 e. The van der Waals surface area contributed by atoms with Gasteiger partial charge >= 0.3 is 0 Å². The maximum absolute atomic E-state index is 5.79. The van der Waals surface area contributed by atoms with Crippen LogP contribution in [-0.4, -0.2) is 36.8 Å². The first-order chi connectivity index (χ1) is 11.8. The van der Waals surface area contributed by atoms with Crippen LogP contribution in [0.5, 0.6) is 0 Å². The molecule has 0 amide bonds. The zero-order valence-electron chi connectivity index (χ0n) is 13.4. The molecule has 24 heavy (non-hydrogen) atoms. The van der Waals surface area contributed by atoms with Gasteiger partial charge in [-0.05, 0) is 38.4 Å². The molecule has 4 rings (SSSR count). The Morgan fingerprint density at radius 2 is 2.25 bits per heavy atom. The lowest BCUT2D eigenvalue weighted by Crippen LogP contribution is -2.33. The van der Waals surface area contributed by atoms with Crippen LogP contribution < -0.4 is 0 Å². The fourth-order valence-corrected chi connectivity index (χ4v) is 3.01. The lowest BCUT2D eigenvalue weighted by molar-refractivity contribution is 0.102. The van der Waals surface area contributed by atoms with E-state index in [1.54, 1.807) is 12.4 Å². The van der Waals surface area contributed by atoms with Gasteiger partial charge in [0.05, 0.1) is 18.2 Å². The maximum atomic E-state index is 5.79. The summed E-state index contributed by atoms with van der Waals surface area (Å²) < 4.78 is 11.2. The van der Waals surface area contributed by atoms with Crippen LogP contribution in [-0.2, 0) is 6.54 Å². The van der Waals surface area contributed by atoms with Crippen LogP contribution in [0.15, 0.2) is 33.5 Å². The van der Waals surface area contributed by atoms with E-state index in [1.807, 2.05) is 19.1 Å². The summed E-state index contributed by atoms with van der Waals surface area (Å²) in [6.07, 6.45) is 6.69. The summed E-state index contributed by atoms with van der Waals surface area (Å²) in [6, 6.07) is 3.85. The van der Waals surface area contributed by atoms with Crippen LogP contribution in [0.1, 0.15) is 42.9 Å². The van der Waals surface area contributed by atoms with Crippen LogP contribution in [0.3, 0.4) is 0 Å². The van der Waals surface area contributed by atoms with Gasteiger partial charge in [0, 0.05) is 12.4 Å². The highest BCUT2D eigenvalue weighted by Crippen LogP contribution is 2.31. The Labute approximate surface area is 138 Å². The van der Waals surface area contributed by atoms with Crippen LogP contribution in [0.4, 0.5) is 0 Å². The molecular weight excluding hydrogens is 308 g/mol. The number of hydrogen-bond acceptors (Lipinski definition) is 8. The molecule has 0 aromatic carbocycles. The molecule has 1 fully saturated rings. The molecule has 0 bridgehead atoms. The van der Waals surface area contributed by atoms with Crippen molar-refractivity contribution in [2.45, 2.75) is 38.8 Å². The summed E-state index contributed by atoms with van der Waals surface area (Å²) in [4.78, 5) is 10.7. The topological polar surface area (TPSA) is 94.0 Å². The molecule has 3 aromatic heterocycles. The van der Waals surface area contributed by atoms with E-state index in [1.165, 1.54) is 0 Å². The molecule has 1 aliphatic rings. The van der Waals surface area contributed by atoms with Gasteiger partial charge in [0.1, 0.15) is 0 Å². The molecule has 1 aliphatic heterocycles. The minimum atomic E-state index is 0.105. The average molecular weight is 326 g/mol. The van der Waals surface area contributed by atoms with Crippen molar-refractivity contribution in [3.05, 3.63) is 42.1 Å². The Bertz CT molecular complexity index is 800. The molecular formula is C16H18N6O2. The predicted octanol–water partition coefficient (Wildman–Crippen LogP) is 2.55. The molecule has 8 heteroatoms. The van der Waals surface area contributed by atoms with Crippen LogP contribution >= 0.6 is 0 Å². The van der Waals surface area contributed by atoms with Crippen molar-refractivity contribution < 1.29 is 8.94 Å². The molecule has 0 aliphatic carbocycles. The molecule has 1 saturated heterocycles. The minimum absolute atomic E-state index is 0.105. The van der Waals surface area contributed by atoms with Crippen molar-refractivity contribution in [1.29, 1.82) is 0 Å². The third kappa shape index (κ3) is 3.05. The standard InChI is InChI=1S/C16H18N6O2/c1-11-18-16(24-21-11)13-6-2-3-8-22(13)10-14-19-20-15(23-14)12-5-4-7-17-9-12/h4-5,7,9,13H,2-3,6,8,10H2,1H3. The largest absolute Gasteiger partial charge is 0.419 e. The van der Waals surface area contributed by atoms with Crippen molar-refractivity contribution >= 4 is 0 Å². The average Bonchev–Trinajstić information content (AvgIpc) is 3.25. The summed E-state index contributed by atoms with van der Waals surface area (Å²) >= 11 is 0. The molecule has 1 atom stereocenters. The van der Waals surface area contributed by atoms with Crippen molar-refractivity contribution in [1.82, 2.24) is 30.2 Å². The molecule has 4 heterocycles. The first kappa shape index (κ1) is 14.9. The quantitative estimate of drug-likeness (QED) is 0.722. The fraction of sp³-hybridized carbons (Fsp3) is 0.438. The number of rotatable bonds is 4. The van der Waals surface area contributed by atoms with Crippen LogP contribution in [0.25, 0.3) is 11.5 Å². The Morgan fingerprint density at radius 3 is 3.04 bits per heavy atom. The summed E-state index contributed by atoms with van der Waals surface area (Å²) in [6.45, 7) is 3.34. The minimum Gasteiger partial charge on any atom is -0.419 e. The summed E-state index contributed by atoms with van der Waals surface area (Å²) in [7, 11) is 0. The number of nitrogens with zero attached hydrogens (tertiary/aromatic N) is 6. The highest BCUT2D eigenvalue weighted by Gasteiger charge is 2.29. The van der Waals surface area contributed by atoms with Crippen molar-refractivity contribution in [3.63, 3.8) is 0 Å². The number of hydrogen-bond donors (Lipinski definition) is 0. The van der Waals surface area contributed by atoms with Crippen molar-refractivity contribution in [2.75, 3.05) is 6.54 Å². The number of pyridine rings is 1. The molecule has 1 unspecified atom stereocenters. The SMILES string of the molecule is Cc1noc(C2CCCCN2Cc2nnc(-c3cccnc3)o2)n1. The molecule has 124 valence electrons. The Morgan fingerprint density at radius 1 is 1.29 bits per heavy atom. The predicted molar refractivity (Wildman–Crippen MR) is 83.6 cm³/mol. The summed E-state index contributed by atoms with van der Waals surface area (Å²) in [5, 5.41) is 12.2. The number of aromatic nitrogens is 5. The molecule has 0 N–H and O–H groups in total. The Hall–Kier alpha value is -2.61. The number of aryl methyl sites for hydroxylation is 1. The van der Waals surface area contributed by atoms with Gasteiger partial charge in [-0.2, -0.15) is 4.98 Å². The van der Waals surface area contributed by atoms with Gasteiger partial charge in [-0.3, -0.25) is 9.88 Å². The highest BCUT2D eigenvalue weighted by molar-refractivity contribution is 5.49. The Balaban J connectivity index is 1.52. The second-order valence-electron chi connectivity index (χ2n) is 5.90. The number of piperidine rings is 1. The van der Waals surface area contributed by atoms with Gasteiger partial charge in [0.2, 0.25) is 17.7 Å². The lowest BCUT2D eigenvalue weighted by atomic mass is 10.0. The van der Waals surface area contributed by atoms with E-state index >= 15 is 0 Å². The second-order valence-corrected chi connectivity index (χ2v) is 5.90. The van der Waals surface area contributed by atoms with E-state index in [2.05, 4.69) is 30.2 Å². The number of likely N-dealkylation sites (tertiary alicyclic amines) is 1. The van der Waals surface area contributed by atoms with Gasteiger partial charge in [0.25, 0.3) is 0 Å². The zero-order valence-corrected chi connectivity index (χ0v) is 13.4. The van der Waals surface area contributed by atoms with E-state index < -0.39 is 0 Å². The third-order valence-corrected chi connectivity index (χ3v) is 4.16. The normalized spacial score (nSPS) is 18.8. The van der Waals surface area contributed by atoms with Gasteiger partial charge in [-0.15, -0.1) is 10.2 Å². The van der Waals surface area contributed by atoms with Crippen molar-refractivity contribution in [3.8, 4) is 11.5 Å². The summed E-state index contributed by atoms with van der Waals surface area (Å²) in [5.74, 6) is 2.39. The third-order valence-electron chi connectivity index (χ3n) is 4.16. The first-order valence-corrected chi connectivity index (χ1v) is 8.06. The molecule has 3 aromatic rings. The van der Waals surface area contributed by atoms with Crippen molar-refractivity contribution in [2.24, 2.45) is 0 Å². The monoisotopic (exact) mass is 326 g/mol. The van der Waals surface area contributed by atoms with E-state index in [0.29, 0.717) is 30.0 Å². The molecule has 8 nitrogen and oxygen atoms in total. The van der Waals surface area contributed by atoms with Crippen LogP contribution in [0, 0.1) is 6.92 Å². The first-order valence-electron chi connectivity index (χ1n) is 8.06. The van der Waals surface area contributed by atoms with Gasteiger partial charge < -0.3 is 8.94 Å². The fourth-order valence-electron chi connectivity index (χ4n) is 3.01. The zero-order chi connectivity index (χ0) is 16.4. The van der Waals surface area contributed by atoms with E-state index in [-0.39, 0.29) is 6.04 Å². The lowest BCUT2D eigenvalue weighted by Gasteiger charge is -2.32. The van der Waals surface area contributed by atoms with E-state index in [4.69, 9.17) is 8.94 Å². The van der Waals surface area contributed by atoms with E-state index in [0.717, 1.165) is 31.4 Å². The summed E-state index contributed by atoms with van der Waals surface area (Å²) in [5.41, 5.74) is 0.818.